The zero-order chi connectivity index (χ0) is 15.1. The number of hydrogen-bond acceptors (Lipinski definition) is 3. The molecule has 0 bridgehead atoms. The monoisotopic (exact) mass is 351 g/mol. The number of aromatic nitrogens is 1. The van der Waals surface area contributed by atoms with Crippen molar-refractivity contribution in [1.82, 2.24) is 4.98 Å². The standard InChI is InChI=1S/C18H10BrNO2/c19-14-7-8-16-15(10-14)18(21)22-17(20-16)13-6-5-11-3-1-2-4-12(11)9-13/h1-10H. The molecule has 1 heterocycles. The molecule has 22 heavy (non-hydrogen) atoms. The van der Waals surface area contributed by atoms with E-state index in [1.165, 1.54) is 0 Å². The van der Waals surface area contributed by atoms with E-state index in [-0.39, 0.29) is 5.63 Å². The SMILES string of the molecule is O=c1oc(-c2ccc3ccccc3c2)nc2ccc(Br)cc12. The van der Waals surface area contributed by atoms with Crippen molar-refractivity contribution in [3.8, 4) is 11.5 Å². The number of benzene rings is 3. The molecular formula is C18H10BrNO2. The zero-order valence-corrected chi connectivity index (χ0v) is 13.0. The van der Waals surface area contributed by atoms with Crippen LogP contribution in [0, 0.1) is 0 Å². The van der Waals surface area contributed by atoms with Crippen molar-refractivity contribution in [3.05, 3.63) is 75.6 Å². The Morgan fingerprint density at radius 1 is 0.909 bits per heavy atom. The Labute approximate surface area is 134 Å². The van der Waals surface area contributed by atoms with Crippen molar-refractivity contribution in [1.29, 1.82) is 0 Å². The maximum absolute atomic E-state index is 12.2. The lowest BCUT2D eigenvalue weighted by molar-refractivity contribution is 0.518. The maximum atomic E-state index is 12.2. The highest BCUT2D eigenvalue weighted by molar-refractivity contribution is 9.10. The van der Waals surface area contributed by atoms with Gasteiger partial charge in [-0.2, -0.15) is 0 Å². The average Bonchev–Trinajstić information content (AvgIpc) is 2.55. The van der Waals surface area contributed by atoms with Crippen molar-refractivity contribution < 1.29 is 4.42 Å². The Bertz CT molecular complexity index is 1070. The minimum Gasteiger partial charge on any atom is -0.403 e. The van der Waals surface area contributed by atoms with E-state index in [1.54, 1.807) is 12.1 Å². The highest BCUT2D eigenvalue weighted by Crippen LogP contribution is 2.24. The van der Waals surface area contributed by atoms with Gasteiger partial charge in [0.15, 0.2) is 0 Å². The van der Waals surface area contributed by atoms with Crippen LogP contribution in [0.3, 0.4) is 0 Å². The summed E-state index contributed by atoms with van der Waals surface area (Å²) >= 11 is 3.35. The number of fused-ring (bicyclic) bond motifs is 2. The molecule has 4 heteroatoms. The van der Waals surface area contributed by atoms with Crippen molar-refractivity contribution >= 4 is 37.6 Å². The minimum atomic E-state index is -0.380. The molecule has 0 N–H and O–H groups in total. The van der Waals surface area contributed by atoms with Gasteiger partial charge in [0.1, 0.15) is 0 Å². The van der Waals surface area contributed by atoms with Crippen molar-refractivity contribution in [3.63, 3.8) is 0 Å². The molecule has 4 rings (SSSR count). The first kappa shape index (κ1) is 13.2. The molecule has 0 saturated carbocycles. The van der Waals surface area contributed by atoms with Crippen molar-refractivity contribution in [2.24, 2.45) is 0 Å². The molecule has 0 saturated heterocycles. The molecule has 0 fully saturated rings. The summed E-state index contributed by atoms with van der Waals surface area (Å²) in [5.74, 6) is 0.338. The predicted molar refractivity (Wildman–Crippen MR) is 90.9 cm³/mol. The largest absolute Gasteiger partial charge is 0.403 e. The lowest BCUT2D eigenvalue weighted by atomic mass is 10.1. The van der Waals surface area contributed by atoms with Gasteiger partial charge in [-0.25, -0.2) is 9.78 Å². The summed E-state index contributed by atoms with van der Waals surface area (Å²) in [7, 11) is 0. The smallest absolute Gasteiger partial charge is 0.347 e. The van der Waals surface area contributed by atoms with Gasteiger partial charge in [-0.15, -0.1) is 0 Å². The van der Waals surface area contributed by atoms with Gasteiger partial charge >= 0.3 is 5.63 Å². The van der Waals surface area contributed by atoms with Crippen LogP contribution in [0.2, 0.25) is 0 Å². The number of halogens is 1. The summed E-state index contributed by atoms with van der Waals surface area (Å²) in [4.78, 5) is 16.6. The first-order valence-electron chi connectivity index (χ1n) is 6.80. The predicted octanol–water partition coefficient (Wildman–Crippen LogP) is 4.77. The normalized spacial score (nSPS) is 11.1. The number of nitrogens with zero attached hydrogens (tertiary/aromatic N) is 1. The maximum Gasteiger partial charge on any atom is 0.347 e. The Kier molecular flexibility index (Phi) is 3.05. The topological polar surface area (TPSA) is 43.1 Å². The fraction of sp³-hybridized carbons (Fsp3) is 0. The third-order valence-electron chi connectivity index (χ3n) is 3.59. The second kappa shape index (κ2) is 5.07. The van der Waals surface area contributed by atoms with Crippen LogP contribution in [-0.2, 0) is 0 Å². The van der Waals surface area contributed by atoms with Gasteiger partial charge in [-0.1, -0.05) is 46.3 Å². The van der Waals surface area contributed by atoms with Gasteiger partial charge < -0.3 is 4.42 Å². The fourth-order valence-corrected chi connectivity index (χ4v) is 2.85. The Morgan fingerprint density at radius 2 is 1.73 bits per heavy atom. The molecule has 3 aromatic carbocycles. The van der Waals surface area contributed by atoms with Gasteiger partial charge in [0.2, 0.25) is 5.89 Å². The molecule has 0 radical (unpaired) electrons. The summed E-state index contributed by atoms with van der Waals surface area (Å²) in [5, 5.41) is 2.69. The molecule has 0 amide bonds. The molecule has 0 aliphatic heterocycles. The van der Waals surface area contributed by atoms with E-state index in [4.69, 9.17) is 4.42 Å². The van der Waals surface area contributed by atoms with Crippen LogP contribution >= 0.6 is 15.9 Å². The van der Waals surface area contributed by atoms with Crippen LogP contribution in [0.15, 0.2) is 74.3 Å². The second-order valence-corrected chi connectivity index (χ2v) is 5.95. The third kappa shape index (κ3) is 2.22. The molecule has 4 aromatic rings. The second-order valence-electron chi connectivity index (χ2n) is 5.03. The lowest BCUT2D eigenvalue weighted by Gasteiger charge is -2.04. The first-order valence-corrected chi connectivity index (χ1v) is 7.59. The molecule has 3 nitrogen and oxygen atoms in total. The van der Waals surface area contributed by atoms with E-state index in [0.29, 0.717) is 16.8 Å². The minimum absolute atomic E-state index is 0.338. The summed E-state index contributed by atoms with van der Waals surface area (Å²) < 4.78 is 6.22. The van der Waals surface area contributed by atoms with Crippen LogP contribution in [0.1, 0.15) is 0 Å². The zero-order valence-electron chi connectivity index (χ0n) is 11.4. The molecule has 0 aliphatic carbocycles. The van der Waals surface area contributed by atoms with Gasteiger partial charge in [-0.05, 0) is 41.1 Å². The van der Waals surface area contributed by atoms with E-state index in [9.17, 15) is 4.79 Å². The van der Waals surface area contributed by atoms with Gasteiger partial charge in [-0.3, -0.25) is 0 Å². The first-order chi connectivity index (χ1) is 10.7. The van der Waals surface area contributed by atoms with Gasteiger partial charge in [0.25, 0.3) is 0 Å². The van der Waals surface area contributed by atoms with E-state index < -0.39 is 0 Å². The summed E-state index contributed by atoms with van der Waals surface area (Å²) in [6.07, 6.45) is 0. The highest BCUT2D eigenvalue weighted by Gasteiger charge is 2.09. The fourth-order valence-electron chi connectivity index (χ4n) is 2.49. The molecule has 1 aromatic heterocycles. The summed E-state index contributed by atoms with van der Waals surface area (Å²) in [6, 6.07) is 19.3. The van der Waals surface area contributed by atoms with Crippen LogP contribution in [0.25, 0.3) is 33.1 Å². The summed E-state index contributed by atoms with van der Waals surface area (Å²) in [5.41, 5.74) is 1.04. The average molecular weight is 352 g/mol. The Hall–Kier alpha value is -2.46. The lowest BCUT2D eigenvalue weighted by Crippen LogP contribution is -2.02. The number of hydrogen-bond donors (Lipinski definition) is 0. The molecule has 0 unspecified atom stereocenters. The van der Waals surface area contributed by atoms with E-state index in [1.807, 2.05) is 48.5 Å². The van der Waals surface area contributed by atoms with Crippen LogP contribution in [0.5, 0.6) is 0 Å². The third-order valence-corrected chi connectivity index (χ3v) is 4.08. The van der Waals surface area contributed by atoms with Crippen LogP contribution in [0.4, 0.5) is 0 Å². The number of rotatable bonds is 1. The molecule has 0 spiro atoms. The summed E-state index contributed by atoms with van der Waals surface area (Å²) in [6.45, 7) is 0. The van der Waals surface area contributed by atoms with Crippen LogP contribution in [-0.4, -0.2) is 4.98 Å². The van der Waals surface area contributed by atoms with Crippen molar-refractivity contribution in [2.45, 2.75) is 0 Å². The van der Waals surface area contributed by atoms with Crippen LogP contribution < -0.4 is 5.63 Å². The van der Waals surface area contributed by atoms with Crippen molar-refractivity contribution in [2.75, 3.05) is 0 Å². The molecular weight excluding hydrogens is 342 g/mol. The van der Waals surface area contributed by atoms with Gasteiger partial charge in [0, 0.05) is 10.0 Å². The molecule has 106 valence electrons. The Morgan fingerprint density at radius 3 is 2.59 bits per heavy atom. The van der Waals surface area contributed by atoms with E-state index in [2.05, 4.69) is 20.9 Å². The Balaban J connectivity index is 1.96. The van der Waals surface area contributed by atoms with Gasteiger partial charge in [0.05, 0.1) is 10.9 Å². The molecule has 0 aliphatic rings. The van der Waals surface area contributed by atoms with E-state index in [0.717, 1.165) is 20.8 Å². The quantitative estimate of drug-likeness (QED) is 0.496. The van der Waals surface area contributed by atoms with E-state index >= 15 is 0 Å². The molecule has 0 atom stereocenters. The highest BCUT2D eigenvalue weighted by atomic mass is 79.9.